The second-order valence-electron chi connectivity index (χ2n) is 7.28. The standard InChI is InChI=1S/C21H23FN2O4S/c1-13-4-5-17(12-19(13)22)23-21(26)10-14(2)29(27,28)18-6-7-20-16(11-18)8-9-24(20)15(3)25/h4-7,11-12,14H,8-10H2,1-3H3,(H,23,26). The Morgan fingerprint density at radius 1 is 1.21 bits per heavy atom. The molecule has 0 bridgehead atoms. The van der Waals surface area contributed by atoms with E-state index in [1.165, 1.54) is 26.0 Å². The van der Waals surface area contributed by atoms with E-state index in [0.29, 0.717) is 18.5 Å². The summed E-state index contributed by atoms with van der Waals surface area (Å²) in [4.78, 5) is 25.7. The number of nitrogens with one attached hydrogen (secondary N) is 1. The fourth-order valence-corrected chi connectivity index (χ4v) is 4.77. The number of carbonyl (C=O) groups excluding carboxylic acids is 2. The zero-order chi connectivity index (χ0) is 21.3. The summed E-state index contributed by atoms with van der Waals surface area (Å²) < 4.78 is 39.4. The average molecular weight is 418 g/mol. The Bertz CT molecular complexity index is 1080. The molecule has 3 rings (SSSR count). The predicted octanol–water partition coefficient (Wildman–Crippen LogP) is 3.23. The number of amides is 2. The lowest BCUT2D eigenvalue weighted by Crippen LogP contribution is -2.26. The number of carbonyl (C=O) groups is 2. The highest BCUT2D eigenvalue weighted by Gasteiger charge is 2.29. The molecule has 0 aliphatic carbocycles. The first kappa shape index (κ1) is 21.0. The van der Waals surface area contributed by atoms with Crippen LogP contribution in [0.25, 0.3) is 0 Å². The molecular formula is C21H23FN2O4S. The van der Waals surface area contributed by atoms with Crippen LogP contribution in [0.15, 0.2) is 41.3 Å². The molecule has 0 saturated heterocycles. The van der Waals surface area contributed by atoms with Crippen LogP contribution in [0.5, 0.6) is 0 Å². The Morgan fingerprint density at radius 2 is 1.93 bits per heavy atom. The molecule has 29 heavy (non-hydrogen) atoms. The van der Waals surface area contributed by atoms with Gasteiger partial charge in [-0.1, -0.05) is 6.07 Å². The molecular weight excluding hydrogens is 395 g/mol. The minimum absolute atomic E-state index is 0.0862. The Morgan fingerprint density at radius 3 is 2.59 bits per heavy atom. The van der Waals surface area contributed by atoms with Crippen molar-refractivity contribution in [2.75, 3.05) is 16.8 Å². The summed E-state index contributed by atoms with van der Waals surface area (Å²) in [7, 11) is -3.74. The average Bonchev–Trinajstić information content (AvgIpc) is 3.08. The van der Waals surface area contributed by atoms with Crippen molar-refractivity contribution in [3.05, 3.63) is 53.3 Å². The van der Waals surface area contributed by atoms with Crippen molar-refractivity contribution in [3.63, 3.8) is 0 Å². The third kappa shape index (κ3) is 4.32. The normalized spacial score (nSPS) is 14.4. The number of benzene rings is 2. The van der Waals surface area contributed by atoms with E-state index < -0.39 is 26.8 Å². The zero-order valence-electron chi connectivity index (χ0n) is 16.5. The van der Waals surface area contributed by atoms with Crippen molar-refractivity contribution in [1.82, 2.24) is 0 Å². The van der Waals surface area contributed by atoms with Crippen molar-refractivity contribution < 1.29 is 22.4 Å². The molecule has 0 spiro atoms. The summed E-state index contributed by atoms with van der Waals surface area (Å²) in [6.07, 6.45) is 0.334. The molecule has 1 heterocycles. The molecule has 1 N–H and O–H groups in total. The van der Waals surface area contributed by atoms with Gasteiger partial charge in [-0.25, -0.2) is 12.8 Å². The maximum Gasteiger partial charge on any atom is 0.225 e. The summed E-state index contributed by atoms with van der Waals surface area (Å²) in [6.45, 7) is 5.08. The third-order valence-electron chi connectivity index (χ3n) is 5.11. The van der Waals surface area contributed by atoms with E-state index in [1.807, 2.05) is 0 Å². The number of fused-ring (bicyclic) bond motifs is 1. The topological polar surface area (TPSA) is 83.6 Å². The lowest BCUT2D eigenvalue weighted by atomic mass is 10.2. The van der Waals surface area contributed by atoms with Crippen molar-refractivity contribution >= 4 is 33.0 Å². The van der Waals surface area contributed by atoms with Crippen molar-refractivity contribution in [2.45, 2.75) is 43.8 Å². The number of rotatable bonds is 5. The van der Waals surface area contributed by atoms with Crippen LogP contribution in [-0.4, -0.2) is 32.0 Å². The summed E-state index contributed by atoms with van der Waals surface area (Å²) in [6, 6.07) is 9.00. The van der Waals surface area contributed by atoms with Gasteiger partial charge in [0.25, 0.3) is 0 Å². The van der Waals surface area contributed by atoms with E-state index in [4.69, 9.17) is 0 Å². The number of sulfone groups is 1. The van der Waals surface area contributed by atoms with Crippen LogP contribution in [0.4, 0.5) is 15.8 Å². The second kappa shape index (κ2) is 7.94. The van der Waals surface area contributed by atoms with Crippen LogP contribution in [0.3, 0.4) is 0 Å². The highest BCUT2D eigenvalue weighted by molar-refractivity contribution is 7.92. The van der Waals surface area contributed by atoms with Crippen LogP contribution < -0.4 is 10.2 Å². The van der Waals surface area contributed by atoms with Crippen LogP contribution in [0.1, 0.15) is 31.4 Å². The molecule has 1 atom stereocenters. The van der Waals surface area contributed by atoms with E-state index >= 15 is 0 Å². The number of halogens is 1. The van der Waals surface area contributed by atoms with Gasteiger partial charge in [-0.2, -0.15) is 0 Å². The van der Waals surface area contributed by atoms with Gasteiger partial charge in [-0.3, -0.25) is 9.59 Å². The zero-order valence-corrected chi connectivity index (χ0v) is 17.3. The largest absolute Gasteiger partial charge is 0.326 e. The van der Waals surface area contributed by atoms with Crippen LogP contribution in [0, 0.1) is 12.7 Å². The van der Waals surface area contributed by atoms with Crippen LogP contribution in [-0.2, 0) is 25.8 Å². The van der Waals surface area contributed by atoms with E-state index in [-0.39, 0.29) is 22.9 Å². The van der Waals surface area contributed by atoms with Gasteiger partial charge in [-0.15, -0.1) is 0 Å². The molecule has 8 heteroatoms. The quantitative estimate of drug-likeness (QED) is 0.808. The number of hydrogen-bond acceptors (Lipinski definition) is 4. The molecule has 1 unspecified atom stereocenters. The summed E-state index contributed by atoms with van der Waals surface area (Å²) >= 11 is 0. The molecule has 2 aromatic rings. The van der Waals surface area contributed by atoms with Gasteiger partial charge in [0.15, 0.2) is 9.84 Å². The monoisotopic (exact) mass is 418 g/mol. The molecule has 2 amide bonds. The first-order chi connectivity index (χ1) is 13.6. The first-order valence-electron chi connectivity index (χ1n) is 9.30. The molecule has 0 aromatic heterocycles. The van der Waals surface area contributed by atoms with Gasteiger partial charge in [0.05, 0.1) is 10.1 Å². The second-order valence-corrected chi connectivity index (χ2v) is 9.65. The van der Waals surface area contributed by atoms with E-state index in [1.54, 1.807) is 36.1 Å². The van der Waals surface area contributed by atoms with Gasteiger partial charge in [0.2, 0.25) is 11.8 Å². The van der Waals surface area contributed by atoms with E-state index in [0.717, 1.165) is 11.3 Å². The maximum atomic E-state index is 13.6. The lowest BCUT2D eigenvalue weighted by molar-refractivity contribution is -0.117. The summed E-state index contributed by atoms with van der Waals surface area (Å²) in [5.41, 5.74) is 2.26. The maximum absolute atomic E-state index is 13.6. The fraction of sp³-hybridized carbons (Fsp3) is 0.333. The van der Waals surface area contributed by atoms with E-state index in [9.17, 15) is 22.4 Å². The van der Waals surface area contributed by atoms with Crippen molar-refractivity contribution in [1.29, 1.82) is 0 Å². The highest BCUT2D eigenvalue weighted by atomic mass is 32.2. The number of aryl methyl sites for hydroxylation is 1. The molecule has 0 radical (unpaired) electrons. The number of anilines is 2. The number of nitrogens with zero attached hydrogens (tertiary/aromatic N) is 1. The van der Waals surface area contributed by atoms with Gasteiger partial charge in [0, 0.05) is 31.3 Å². The van der Waals surface area contributed by atoms with Crippen LogP contribution >= 0.6 is 0 Å². The van der Waals surface area contributed by atoms with Gasteiger partial charge >= 0.3 is 0 Å². The SMILES string of the molecule is CC(=O)N1CCc2cc(S(=O)(=O)C(C)CC(=O)Nc3ccc(C)c(F)c3)ccc21. The van der Waals surface area contributed by atoms with Crippen LogP contribution in [0.2, 0.25) is 0 Å². The lowest BCUT2D eigenvalue weighted by Gasteiger charge is -2.16. The van der Waals surface area contributed by atoms with Crippen molar-refractivity contribution in [2.24, 2.45) is 0 Å². The van der Waals surface area contributed by atoms with E-state index in [2.05, 4.69) is 5.32 Å². The highest BCUT2D eigenvalue weighted by Crippen LogP contribution is 2.31. The van der Waals surface area contributed by atoms with Crippen molar-refractivity contribution in [3.8, 4) is 0 Å². The Balaban J connectivity index is 1.73. The van der Waals surface area contributed by atoms with Gasteiger partial charge in [0.1, 0.15) is 5.82 Å². The third-order valence-corrected chi connectivity index (χ3v) is 7.25. The predicted molar refractivity (Wildman–Crippen MR) is 109 cm³/mol. The Kier molecular flexibility index (Phi) is 5.75. The smallest absolute Gasteiger partial charge is 0.225 e. The minimum Gasteiger partial charge on any atom is -0.326 e. The van der Waals surface area contributed by atoms with Gasteiger partial charge < -0.3 is 10.2 Å². The Labute approximate surface area is 169 Å². The number of hydrogen-bond donors (Lipinski definition) is 1. The molecule has 1 aliphatic heterocycles. The Hall–Kier alpha value is -2.74. The van der Waals surface area contributed by atoms with Gasteiger partial charge in [-0.05, 0) is 61.7 Å². The summed E-state index contributed by atoms with van der Waals surface area (Å²) in [5, 5.41) is 1.58. The molecule has 0 fully saturated rings. The molecule has 2 aromatic carbocycles. The first-order valence-corrected chi connectivity index (χ1v) is 10.8. The fourth-order valence-electron chi connectivity index (χ4n) is 3.37. The molecule has 154 valence electrons. The molecule has 6 nitrogen and oxygen atoms in total. The minimum atomic E-state index is -3.74. The molecule has 0 saturated carbocycles. The summed E-state index contributed by atoms with van der Waals surface area (Å²) in [5.74, 6) is -1.04. The molecule has 1 aliphatic rings.